The number of pyridine rings is 2. The molecule has 0 aromatic carbocycles. The highest BCUT2D eigenvalue weighted by atomic mass is 35.5. The molecule has 0 aliphatic rings. The van der Waals surface area contributed by atoms with Gasteiger partial charge in [0.15, 0.2) is 17.2 Å². The number of alkyl halides is 3. The largest absolute Gasteiger partial charge is 0.483 e. The molecule has 0 spiro atoms. The maximum absolute atomic E-state index is 13.9. The Labute approximate surface area is 204 Å². The molecule has 0 fully saturated rings. The maximum atomic E-state index is 13.9. The van der Waals surface area contributed by atoms with Gasteiger partial charge in [0, 0.05) is 31.3 Å². The van der Waals surface area contributed by atoms with E-state index < -0.39 is 35.7 Å². The Morgan fingerprint density at radius 3 is 2.66 bits per heavy atom. The van der Waals surface area contributed by atoms with Crippen molar-refractivity contribution in [1.82, 2.24) is 14.4 Å². The second kappa shape index (κ2) is 10.5. The van der Waals surface area contributed by atoms with Crippen LogP contribution in [0.3, 0.4) is 0 Å². The minimum atomic E-state index is -4.31. The van der Waals surface area contributed by atoms with Crippen molar-refractivity contribution in [2.24, 2.45) is 5.92 Å². The van der Waals surface area contributed by atoms with Crippen LogP contribution in [0.1, 0.15) is 61.4 Å². The zero-order chi connectivity index (χ0) is 26.0. The van der Waals surface area contributed by atoms with Crippen molar-refractivity contribution in [2.75, 3.05) is 0 Å². The summed E-state index contributed by atoms with van der Waals surface area (Å²) in [5.41, 5.74) is -0.480. The molecule has 1 N–H and O–H groups in total. The molecule has 0 aliphatic heterocycles. The van der Waals surface area contributed by atoms with Gasteiger partial charge in [-0.1, -0.05) is 11.6 Å². The number of imidazole rings is 1. The van der Waals surface area contributed by atoms with Gasteiger partial charge in [0.25, 0.3) is 0 Å². The predicted molar refractivity (Wildman–Crippen MR) is 122 cm³/mol. The van der Waals surface area contributed by atoms with Crippen LogP contribution >= 0.6 is 11.6 Å². The molecule has 0 saturated carbocycles. The maximum Gasteiger partial charge on any atom is 0.389 e. The van der Waals surface area contributed by atoms with Crippen LogP contribution in [0, 0.1) is 18.7 Å². The van der Waals surface area contributed by atoms with Gasteiger partial charge in [0.05, 0.1) is 16.3 Å². The fraction of sp³-hybridized carbons (Fsp3) is 0.458. The van der Waals surface area contributed by atoms with Crippen LogP contribution in [0.5, 0.6) is 5.75 Å². The van der Waals surface area contributed by atoms with E-state index in [0.29, 0.717) is 5.69 Å². The number of halogens is 5. The average molecular weight is 516 g/mol. The molecule has 35 heavy (non-hydrogen) atoms. The Hall–Kier alpha value is -2.72. The van der Waals surface area contributed by atoms with E-state index in [4.69, 9.17) is 16.3 Å². The topological polar surface area (TPSA) is 76.7 Å². The van der Waals surface area contributed by atoms with Gasteiger partial charge in [0.1, 0.15) is 23.8 Å². The van der Waals surface area contributed by atoms with Crippen molar-refractivity contribution in [1.29, 1.82) is 0 Å². The molecule has 1 unspecified atom stereocenters. The zero-order valence-corrected chi connectivity index (χ0v) is 20.3. The van der Waals surface area contributed by atoms with Crippen molar-refractivity contribution in [2.45, 2.75) is 64.8 Å². The minimum absolute atomic E-state index is 0.0231. The highest BCUT2D eigenvalue weighted by molar-refractivity contribution is 6.30. The minimum Gasteiger partial charge on any atom is -0.483 e. The summed E-state index contributed by atoms with van der Waals surface area (Å²) in [7, 11) is 0. The Morgan fingerprint density at radius 2 is 2.03 bits per heavy atom. The molecule has 3 aromatic rings. The van der Waals surface area contributed by atoms with Crippen molar-refractivity contribution >= 4 is 23.0 Å². The van der Waals surface area contributed by atoms with E-state index in [9.17, 15) is 27.5 Å². The van der Waals surface area contributed by atoms with E-state index in [1.54, 1.807) is 6.92 Å². The van der Waals surface area contributed by atoms with E-state index >= 15 is 0 Å². The van der Waals surface area contributed by atoms with Gasteiger partial charge < -0.3 is 9.84 Å². The Bertz CT molecular complexity index is 1210. The van der Waals surface area contributed by atoms with Crippen LogP contribution in [0.4, 0.5) is 17.6 Å². The van der Waals surface area contributed by atoms with E-state index in [0.717, 1.165) is 0 Å². The van der Waals surface area contributed by atoms with Gasteiger partial charge in [-0.3, -0.25) is 14.2 Å². The first kappa shape index (κ1) is 26.9. The molecule has 190 valence electrons. The number of aryl methyl sites for hydroxylation is 1. The summed E-state index contributed by atoms with van der Waals surface area (Å²) in [5.74, 6) is -1.44. The fourth-order valence-corrected chi connectivity index (χ4v) is 4.08. The molecule has 3 heterocycles. The summed E-state index contributed by atoms with van der Waals surface area (Å²) < 4.78 is 58.9. The first-order valence-corrected chi connectivity index (χ1v) is 11.4. The number of aromatic nitrogens is 3. The molecule has 0 aliphatic carbocycles. The lowest BCUT2D eigenvalue weighted by Gasteiger charge is -2.29. The Balaban J connectivity index is 1.87. The van der Waals surface area contributed by atoms with Crippen molar-refractivity contribution < 1.29 is 32.2 Å². The van der Waals surface area contributed by atoms with Gasteiger partial charge in [-0.15, -0.1) is 0 Å². The van der Waals surface area contributed by atoms with E-state index in [1.807, 2.05) is 0 Å². The number of ether oxygens (including phenoxy) is 1. The summed E-state index contributed by atoms with van der Waals surface area (Å²) in [6.07, 6.45) is -2.76. The number of aliphatic hydroxyl groups is 1. The van der Waals surface area contributed by atoms with Crippen LogP contribution in [0.25, 0.3) is 5.65 Å². The van der Waals surface area contributed by atoms with Crippen LogP contribution in [0.2, 0.25) is 5.02 Å². The third-order valence-electron chi connectivity index (χ3n) is 5.73. The van der Waals surface area contributed by atoms with Crippen molar-refractivity contribution in [3.8, 4) is 5.75 Å². The lowest BCUT2D eigenvalue weighted by atomic mass is 9.82. The van der Waals surface area contributed by atoms with Crippen LogP contribution < -0.4 is 4.74 Å². The summed E-state index contributed by atoms with van der Waals surface area (Å²) in [6.45, 7) is 4.36. The quantitative estimate of drug-likeness (QED) is 0.261. The number of carbonyl (C=O) groups excluding carboxylic acids is 1. The smallest absolute Gasteiger partial charge is 0.389 e. The first-order valence-electron chi connectivity index (χ1n) is 11.0. The molecule has 0 amide bonds. The number of ketones is 1. The second-order valence-corrected chi connectivity index (χ2v) is 9.40. The zero-order valence-electron chi connectivity index (χ0n) is 19.5. The molecule has 0 bridgehead atoms. The Morgan fingerprint density at radius 1 is 1.31 bits per heavy atom. The summed E-state index contributed by atoms with van der Waals surface area (Å²) in [4.78, 5) is 21.6. The van der Waals surface area contributed by atoms with E-state index in [-0.39, 0.29) is 53.7 Å². The van der Waals surface area contributed by atoms with Crippen LogP contribution in [0.15, 0.2) is 30.6 Å². The number of hydrogen-bond donors (Lipinski definition) is 1. The molecule has 11 heteroatoms. The van der Waals surface area contributed by atoms with Gasteiger partial charge in [0.2, 0.25) is 0 Å². The Kier molecular flexibility index (Phi) is 8.06. The lowest BCUT2D eigenvalue weighted by molar-refractivity contribution is -0.137. The van der Waals surface area contributed by atoms with Crippen molar-refractivity contribution in [3.05, 3.63) is 58.5 Å². The normalized spacial score (nSPS) is 13.3. The molecule has 0 radical (unpaired) electrons. The van der Waals surface area contributed by atoms with Gasteiger partial charge >= 0.3 is 6.18 Å². The number of Topliss-reactive ketones (excluding diaryl/α,β-unsaturated/α-hetero) is 1. The highest BCUT2D eigenvalue weighted by Crippen LogP contribution is 2.32. The lowest BCUT2D eigenvalue weighted by Crippen LogP contribution is -2.33. The first-order chi connectivity index (χ1) is 16.3. The number of fused-ring (bicyclic) bond motifs is 1. The molecule has 0 saturated heterocycles. The number of hydrogen-bond acceptors (Lipinski definition) is 5. The SMILES string of the molecule is Cc1nc2c(OCc3ncccc3F)cc(Cl)cn2c1C(=O)CC(CCCC(F)(F)F)C(C)(C)O. The molecule has 1 atom stereocenters. The van der Waals surface area contributed by atoms with Gasteiger partial charge in [-0.2, -0.15) is 13.2 Å². The van der Waals surface area contributed by atoms with Crippen molar-refractivity contribution in [3.63, 3.8) is 0 Å². The number of carbonyl (C=O) groups is 1. The third-order valence-corrected chi connectivity index (χ3v) is 5.94. The molecular weight excluding hydrogens is 490 g/mol. The molecule has 3 rings (SSSR count). The average Bonchev–Trinajstić information content (AvgIpc) is 3.06. The monoisotopic (exact) mass is 515 g/mol. The standard InChI is InChI=1S/C24H26ClF4N3O3/c1-14-21(19(33)10-15(23(2,3)34)6-4-8-24(27,28)29)32-12-16(25)11-20(22(32)31-14)35-13-18-17(26)7-5-9-30-18/h5,7,9,11-12,15,34H,4,6,8,10,13H2,1-3H3. The van der Waals surface area contributed by atoms with Gasteiger partial charge in [-0.25, -0.2) is 9.37 Å². The molecular formula is C24H26ClF4N3O3. The summed E-state index contributed by atoms with van der Waals surface area (Å²) in [5, 5.41) is 10.7. The molecule has 6 nitrogen and oxygen atoms in total. The van der Waals surface area contributed by atoms with Crippen LogP contribution in [-0.2, 0) is 6.61 Å². The number of rotatable bonds is 10. The van der Waals surface area contributed by atoms with E-state index in [1.165, 1.54) is 48.8 Å². The second-order valence-electron chi connectivity index (χ2n) is 8.97. The fourth-order valence-electron chi connectivity index (χ4n) is 3.88. The van der Waals surface area contributed by atoms with Gasteiger partial charge in [-0.05, 0) is 51.7 Å². The third kappa shape index (κ3) is 6.91. The predicted octanol–water partition coefficient (Wildman–Crippen LogP) is 6.10. The van der Waals surface area contributed by atoms with E-state index in [2.05, 4.69) is 9.97 Å². The molecule has 3 aromatic heterocycles. The summed E-state index contributed by atoms with van der Waals surface area (Å²) in [6, 6.07) is 4.19. The number of nitrogens with zero attached hydrogens (tertiary/aromatic N) is 3. The highest BCUT2D eigenvalue weighted by Gasteiger charge is 2.33. The summed E-state index contributed by atoms with van der Waals surface area (Å²) >= 11 is 6.24. The van der Waals surface area contributed by atoms with Crippen LogP contribution in [-0.4, -0.2) is 37.0 Å².